The second kappa shape index (κ2) is 8.24. The Morgan fingerprint density at radius 2 is 2.25 bits per heavy atom. The first-order valence-electron chi connectivity index (χ1n) is 9.61. The predicted molar refractivity (Wildman–Crippen MR) is 108 cm³/mol. The van der Waals surface area contributed by atoms with Gasteiger partial charge in [-0.05, 0) is 32.6 Å². The van der Waals surface area contributed by atoms with E-state index in [1.807, 2.05) is 17.0 Å². The van der Waals surface area contributed by atoms with Gasteiger partial charge in [-0.25, -0.2) is 14.6 Å². The third kappa shape index (κ3) is 3.85. The smallest absolute Gasteiger partial charge is 0.255 e. The second-order valence-electron chi connectivity index (χ2n) is 7.01. The highest BCUT2D eigenvalue weighted by Gasteiger charge is 2.24. The lowest BCUT2D eigenvalue weighted by Gasteiger charge is -2.28. The molecule has 1 aliphatic rings. The number of aromatic nitrogens is 4. The van der Waals surface area contributed by atoms with Crippen molar-refractivity contribution in [1.29, 1.82) is 0 Å². The van der Waals surface area contributed by atoms with Crippen LogP contribution in [-0.2, 0) is 13.1 Å². The number of thiazole rings is 1. The van der Waals surface area contributed by atoms with Crippen molar-refractivity contribution in [1.82, 2.24) is 25.1 Å². The molecule has 0 spiro atoms. The van der Waals surface area contributed by atoms with Gasteiger partial charge in [0.2, 0.25) is 0 Å². The van der Waals surface area contributed by atoms with Crippen LogP contribution < -0.4 is 10.6 Å². The van der Waals surface area contributed by atoms with Crippen LogP contribution in [0.5, 0.6) is 0 Å². The molecule has 1 fully saturated rings. The Balaban J connectivity index is 1.65. The number of aliphatic hydroxyl groups is 1. The molecule has 0 saturated heterocycles. The van der Waals surface area contributed by atoms with Crippen LogP contribution in [0.25, 0.3) is 11.0 Å². The molecule has 3 aromatic heterocycles. The number of hydrogen-bond acceptors (Lipinski definition) is 7. The zero-order chi connectivity index (χ0) is 19.5. The topological polar surface area (TPSA) is 105 Å². The number of carbonyl (C=O) groups excluding carboxylic acids is 1. The van der Waals surface area contributed by atoms with E-state index in [0.29, 0.717) is 25.1 Å². The monoisotopic (exact) mass is 400 g/mol. The van der Waals surface area contributed by atoms with E-state index in [0.717, 1.165) is 41.0 Å². The van der Waals surface area contributed by atoms with Crippen LogP contribution in [0.2, 0.25) is 0 Å². The number of aryl methyl sites for hydroxylation is 1. The summed E-state index contributed by atoms with van der Waals surface area (Å²) in [5.74, 6) is -0.201. The summed E-state index contributed by atoms with van der Waals surface area (Å²) >= 11 is 1.50. The van der Waals surface area contributed by atoms with Crippen LogP contribution >= 0.6 is 11.3 Å². The lowest BCUT2D eigenvalue weighted by molar-refractivity contribution is 0.0951. The molecular weight excluding hydrogens is 376 g/mol. The number of hydrogen-bond donors (Lipinski definition) is 3. The normalized spacial score (nSPS) is 19.6. The molecular formula is C19H24N6O2S. The Kier molecular flexibility index (Phi) is 5.54. The average molecular weight is 401 g/mol. The van der Waals surface area contributed by atoms with Gasteiger partial charge in [0.05, 0.1) is 35.5 Å². The van der Waals surface area contributed by atoms with Crippen molar-refractivity contribution in [3.63, 3.8) is 0 Å². The van der Waals surface area contributed by atoms with Crippen molar-refractivity contribution in [2.24, 2.45) is 0 Å². The summed E-state index contributed by atoms with van der Waals surface area (Å²) in [4.78, 5) is 21.6. The molecule has 28 heavy (non-hydrogen) atoms. The Morgan fingerprint density at radius 1 is 1.36 bits per heavy atom. The summed E-state index contributed by atoms with van der Waals surface area (Å²) < 4.78 is 1.81. The van der Waals surface area contributed by atoms with E-state index in [4.69, 9.17) is 0 Å². The van der Waals surface area contributed by atoms with Gasteiger partial charge in [-0.3, -0.25) is 4.79 Å². The first-order valence-corrected chi connectivity index (χ1v) is 10.5. The molecule has 2 atom stereocenters. The molecule has 9 heteroatoms. The molecule has 1 saturated carbocycles. The maximum absolute atomic E-state index is 12.9. The molecule has 0 bridgehead atoms. The first kappa shape index (κ1) is 18.8. The van der Waals surface area contributed by atoms with Gasteiger partial charge in [0.25, 0.3) is 5.91 Å². The van der Waals surface area contributed by atoms with E-state index in [2.05, 4.69) is 25.7 Å². The van der Waals surface area contributed by atoms with Gasteiger partial charge >= 0.3 is 0 Å². The summed E-state index contributed by atoms with van der Waals surface area (Å²) in [7, 11) is 0. The predicted octanol–water partition coefficient (Wildman–Crippen LogP) is 2.55. The zero-order valence-corrected chi connectivity index (χ0v) is 16.6. The van der Waals surface area contributed by atoms with Crippen LogP contribution in [0.15, 0.2) is 24.0 Å². The fourth-order valence-electron chi connectivity index (χ4n) is 3.68. The van der Waals surface area contributed by atoms with E-state index >= 15 is 0 Å². The fourth-order valence-corrected chi connectivity index (χ4v) is 4.23. The Bertz CT molecular complexity index is 955. The molecule has 0 radical (unpaired) electrons. The lowest BCUT2D eigenvalue weighted by Crippen LogP contribution is -2.31. The van der Waals surface area contributed by atoms with E-state index < -0.39 is 0 Å². The lowest BCUT2D eigenvalue weighted by atomic mass is 9.92. The highest BCUT2D eigenvalue weighted by Crippen LogP contribution is 2.30. The van der Waals surface area contributed by atoms with Crippen LogP contribution in [0.3, 0.4) is 0 Å². The highest BCUT2D eigenvalue weighted by atomic mass is 32.1. The van der Waals surface area contributed by atoms with E-state index in [1.54, 1.807) is 18.6 Å². The number of pyridine rings is 1. The SMILES string of the molecule is CCn1ncc2c(NC3CCCC(O)C3)c(C(=O)NCc3nccs3)cnc21. The second-order valence-corrected chi connectivity index (χ2v) is 7.99. The number of fused-ring (bicyclic) bond motifs is 1. The summed E-state index contributed by atoms with van der Waals surface area (Å²) in [6, 6.07) is 0.116. The molecule has 0 aliphatic heterocycles. The van der Waals surface area contributed by atoms with E-state index in [-0.39, 0.29) is 18.1 Å². The van der Waals surface area contributed by atoms with Crippen molar-refractivity contribution in [3.05, 3.63) is 34.5 Å². The van der Waals surface area contributed by atoms with Crippen molar-refractivity contribution in [2.45, 2.75) is 57.8 Å². The third-order valence-electron chi connectivity index (χ3n) is 5.09. The van der Waals surface area contributed by atoms with E-state index in [1.165, 1.54) is 11.3 Å². The average Bonchev–Trinajstić information content (AvgIpc) is 3.36. The molecule has 8 nitrogen and oxygen atoms in total. The Morgan fingerprint density at radius 3 is 3.00 bits per heavy atom. The standard InChI is InChI=1S/C19H24N6O2S/c1-2-25-18-14(10-23-25)17(24-12-4-3-5-13(26)8-12)15(9-21-18)19(27)22-11-16-20-6-7-28-16/h6-7,9-10,12-13,26H,2-5,8,11H2,1H3,(H,21,24)(H,22,27). The molecule has 3 heterocycles. The number of aliphatic hydroxyl groups excluding tert-OH is 1. The summed E-state index contributed by atoms with van der Waals surface area (Å²) in [6.45, 7) is 3.09. The van der Waals surface area contributed by atoms with Crippen molar-refractivity contribution in [2.75, 3.05) is 5.32 Å². The van der Waals surface area contributed by atoms with Gasteiger partial charge in [0, 0.05) is 30.4 Å². The number of carbonyl (C=O) groups is 1. The van der Waals surface area contributed by atoms with Gasteiger partial charge in [-0.2, -0.15) is 5.10 Å². The van der Waals surface area contributed by atoms with Gasteiger partial charge in [-0.15, -0.1) is 11.3 Å². The Hall–Kier alpha value is -2.52. The number of amides is 1. The number of nitrogens with one attached hydrogen (secondary N) is 2. The van der Waals surface area contributed by atoms with Crippen molar-refractivity contribution < 1.29 is 9.90 Å². The first-order chi connectivity index (χ1) is 13.7. The fraction of sp³-hybridized carbons (Fsp3) is 0.474. The van der Waals surface area contributed by atoms with Crippen LogP contribution in [-0.4, -0.2) is 42.9 Å². The van der Waals surface area contributed by atoms with Crippen LogP contribution in [0.4, 0.5) is 5.69 Å². The number of anilines is 1. The quantitative estimate of drug-likeness (QED) is 0.587. The maximum Gasteiger partial charge on any atom is 0.255 e. The minimum atomic E-state index is -0.302. The van der Waals surface area contributed by atoms with Crippen LogP contribution in [0, 0.1) is 0 Å². The number of rotatable bonds is 6. The molecule has 1 aliphatic carbocycles. The highest BCUT2D eigenvalue weighted by molar-refractivity contribution is 7.09. The Labute approximate surface area is 167 Å². The minimum Gasteiger partial charge on any atom is -0.393 e. The number of nitrogens with zero attached hydrogens (tertiary/aromatic N) is 4. The third-order valence-corrected chi connectivity index (χ3v) is 5.87. The zero-order valence-electron chi connectivity index (χ0n) is 15.8. The summed E-state index contributed by atoms with van der Waals surface area (Å²) in [6.07, 6.45) is 8.21. The minimum absolute atomic E-state index is 0.116. The van der Waals surface area contributed by atoms with Gasteiger partial charge in [-0.1, -0.05) is 0 Å². The molecule has 3 N–H and O–H groups in total. The molecule has 1 amide bonds. The molecule has 2 unspecified atom stereocenters. The maximum atomic E-state index is 12.9. The van der Waals surface area contributed by atoms with Crippen molar-refractivity contribution in [3.8, 4) is 0 Å². The molecule has 3 aromatic rings. The summed E-state index contributed by atoms with van der Waals surface area (Å²) in [5.41, 5.74) is 1.97. The van der Waals surface area contributed by atoms with Gasteiger partial charge in [0.15, 0.2) is 5.65 Å². The van der Waals surface area contributed by atoms with Gasteiger partial charge < -0.3 is 15.7 Å². The molecule has 0 aromatic carbocycles. The molecule has 4 rings (SSSR count). The largest absolute Gasteiger partial charge is 0.393 e. The van der Waals surface area contributed by atoms with Gasteiger partial charge in [0.1, 0.15) is 5.01 Å². The van der Waals surface area contributed by atoms with E-state index in [9.17, 15) is 9.90 Å². The van der Waals surface area contributed by atoms with Crippen LogP contribution in [0.1, 0.15) is 48.0 Å². The van der Waals surface area contributed by atoms with Crippen molar-refractivity contribution >= 4 is 34.0 Å². The summed E-state index contributed by atoms with van der Waals surface area (Å²) in [5, 5.41) is 24.4. The molecule has 148 valence electrons.